The predicted octanol–water partition coefficient (Wildman–Crippen LogP) is 6.97. The standard InChI is InChI=1S/C38H35N3O6S/c1-25-4-19-34(20-5-25)48(46,47)40(3)24-37(43)41(33-18-21-35(38(44)45)36(42)22-33)23-27-6-8-29(9-7-27)31-14-16-32(17-15-31)30-12-10-28(11-13-30)26(2)39/h4-22,39,42H,23-24H2,1-3H3,(H,44,45). The fraction of sp³-hybridized carbons (Fsp3) is 0.132. The van der Waals surface area contributed by atoms with Crippen molar-refractivity contribution in [3.63, 3.8) is 0 Å². The predicted molar refractivity (Wildman–Crippen MR) is 187 cm³/mol. The first-order chi connectivity index (χ1) is 22.8. The van der Waals surface area contributed by atoms with Gasteiger partial charge in [-0.2, -0.15) is 4.31 Å². The molecule has 0 atom stereocenters. The van der Waals surface area contributed by atoms with Crippen LogP contribution in [0, 0.1) is 12.3 Å². The molecule has 0 radical (unpaired) electrons. The van der Waals surface area contributed by atoms with Gasteiger partial charge in [0.1, 0.15) is 11.3 Å². The average Bonchev–Trinajstić information content (AvgIpc) is 3.07. The number of carbonyl (C=O) groups excluding carboxylic acids is 1. The Morgan fingerprint density at radius 2 is 1.25 bits per heavy atom. The van der Waals surface area contributed by atoms with Crippen LogP contribution in [0.25, 0.3) is 22.3 Å². The Kier molecular flexibility index (Phi) is 9.88. The third-order valence-corrected chi connectivity index (χ3v) is 9.89. The maximum Gasteiger partial charge on any atom is 0.339 e. The van der Waals surface area contributed by atoms with Crippen molar-refractivity contribution in [3.05, 3.63) is 138 Å². The van der Waals surface area contributed by atoms with E-state index >= 15 is 0 Å². The summed E-state index contributed by atoms with van der Waals surface area (Å²) >= 11 is 0. The van der Waals surface area contributed by atoms with Crippen LogP contribution in [-0.2, 0) is 21.4 Å². The highest BCUT2D eigenvalue weighted by Gasteiger charge is 2.27. The number of likely N-dealkylation sites (N-methyl/N-ethyl adjacent to an activating group) is 1. The first-order valence-corrected chi connectivity index (χ1v) is 16.5. The Morgan fingerprint density at radius 3 is 1.73 bits per heavy atom. The van der Waals surface area contributed by atoms with Gasteiger partial charge in [-0.05, 0) is 71.5 Å². The summed E-state index contributed by atoms with van der Waals surface area (Å²) < 4.78 is 27.4. The van der Waals surface area contributed by atoms with Gasteiger partial charge < -0.3 is 20.5 Å². The Balaban J connectivity index is 1.37. The molecule has 0 aromatic heterocycles. The van der Waals surface area contributed by atoms with E-state index in [1.807, 2.05) is 79.7 Å². The number of sulfonamides is 1. The number of benzene rings is 5. The molecule has 9 nitrogen and oxygen atoms in total. The quantitative estimate of drug-likeness (QED) is 0.131. The Morgan fingerprint density at radius 1 is 0.750 bits per heavy atom. The first-order valence-electron chi connectivity index (χ1n) is 15.1. The van der Waals surface area contributed by atoms with Crippen LogP contribution in [0.5, 0.6) is 5.75 Å². The van der Waals surface area contributed by atoms with E-state index in [0.29, 0.717) is 5.71 Å². The lowest BCUT2D eigenvalue weighted by Crippen LogP contribution is -2.41. The number of phenols is 1. The molecule has 0 unspecified atom stereocenters. The molecule has 0 heterocycles. The normalized spacial score (nSPS) is 11.3. The summed E-state index contributed by atoms with van der Waals surface area (Å²) in [6.07, 6.45) is 0. The number of hydrogen-bond donors (Lipinski definition) is 3. The zero-order chi connectivity index (χ0) is 34.6. The van der Waals surface area contributed by atoms with Gasteiger partial charge in [-0.25, -0.2) is 13.2 Å². The lowest BCUT2D eigenvalue weighted by molar-refractivity contribution is -0.118. The highest BCUT2D eigenvalue weighted by molar-refractivity contribution is 7.89. The molecule has 0 aliphatic carbocycles. The molecule has 48 heavy (non-hydrogen) atoms. The number of aryl methyl sites for hydroxylation is 1. The van der Waals surface area contributed by atoms with E-state index in [-0.39, 0.29) is 22.7 Å². The Hall–Kier alpha value is -5.58. The highest BCUT2D eigenvalue weighted by atomic mass is 32.2. The van der Waals surface area contributed by atoms with Crippen molar-refractivity contribution >= 4 is 33.3 Å². The third kappa shape index (κ3) is 7.52. The van der Waals surface area contributed by atoms with Crippen molar-refractivity contribution in [1.82, 2.24) is 4.31 Å². The van der Waals surface area contributed by atoms with Crippen LogP contribution in [0.3, 0.4) is 0 Å². The largest absolute Gasteiger partial charge is 0.507 e. The molecule has 1 amide bonds. The molecule has 5 rings (SSSR count). The summed E-state index contributed by atoms with van der Waals surface area (Å²) in [6.45, 7) is 3.14. The molecule has 0 saturated heterocycles. The topological polar surface area (TPSA) is 139 Å². The van der Waals surface area contributed by atoms with Crippen LogP contribution in [0.2, 0.25) is 0 Å². The highest BCUT2D eigenvalue weighted by Crippen LogP contribution is 2.29. The second kappa shape index (κ2) is 14.0. The van der Waals surface area contributed by atoms with E-state index < -0.39 is 34.2 Å². The molecule has 0 aliphatic rings. The Labute approximate surface area is 279 Å². The molecule has 0 aliphatic heterocycles. The van der Waals surface area contributed by atoms with E-state index in [9.17, 15) is 28.2 Å². The van der Waals surface area contributed by atoms with Crippen molar-refractivity contribution < 1.29 is 28.2 Å². The van der Waals surface area contributed by atoms with E-state index in [1.165, 1.54) is 42.3 Å². The minimum absolute atomic E-state index is 0.0353. The molecule has 0 fully saturated rings. The summed E-state index contributed by atoms with van der Waals surface area (Å²) in [4.78, 5) is 26.6. The summed E-state index contributed by atoms with van der Waals surface area (Å²) in [7, 11) is -2.66. The number of nitrogens with zero attached hydrogens (tertiary/aromatic N) is 2. The SMILES string of the molecule is CC(=N)c1ccc(-c2ccc(-c3ccc(CN(C(=O)CN(C)S(=O)(=O)c4ccc(C)cc4)c4ccc(C(=O)O)c(O)c4)cc3)cc2)cc1. The minimum atomic E-state index is -3.98. The van der Waals surface area contributed by atoms with Gasteiger partial charge in [0.05, 0.1) is 18.0 Å². The molecule has 3 N–H and O–H groups in total. The smallest absolute Gasteiger partial charge is 0.339 e. The van der Waals surface area contributed by atoms with Crippen LogP contribution in [0.4, 0.5) is 5.69 Å². The van der Waals surface area contributed by atoms with Crippen molar-refractivity contribution in [2.45, 2.75) is 25.3 Å². The number of nitrogens with one attached hydrogen (secondary N) is 1. The number of aromatic carboxylic acids is 1. The summed E-state index contributed by atoms with van der Waals surface area (Å²) in [6, 6.07) is 33.7. The number of rotatable bonds is 11. The molecule has 244 valence electrons. The number of anilines is 1. The van der Waals surface area contributed by atoms with E-state index in [0.717, 1.165) is 43.2 Å². The van der Waals surface area contributed by atoms with Crippen LogP contribution in [-0.4, -0.2) is 54.1 Å². The molecule has 5 aromatic rings. The number of carboxylic acids is 1. The number of aromatic hydroxyl groups is 1. The fourth-order valence-electron chi connectivity index (χ4n) is 5.20. The third-order valence-electron chi connectivity index (χ3n) is 8.08. The second-order valence-corrected chi connectivity index (χ2v) is 13.6. The van der Waals surface area contributed by atoms with Crippen LogP contribution < -0.4 is 4.90 Å². The number of carboxylic acid groups (broad SMARTS) is 1. The van der Waals surface area contributed by atoms with Crippen molar-refractivity contribution in [3.8, 4) is 28.0 Å². The Bertz CT molecular complexity index is 2080. The first kappa shape index (κ1) is 33.8. The molecular formula is C38H35N3O6S. The molecule has 0 spiro atoms. The van der Waals surface area contributed by atoms with E-state index in [4.69, 9.17) is 5.41 Å². The van der Waals surface area contributed by atoms with Gasteiger partial charge in [-0.15, -0.1) is 0 Å². The van der Waals surface area contributed by atoms with Crippen molar-refractivity contribution in [2.75, 3.05) is 18.5 Å². The maximum absolute atomic E-state index is 13.7. The van der Waals surface area contributed by atoms with Gasteiger partial charge in [-0.3, -0.25) is 4.79 Å². The second-order valence-electron chi connectivity index (χ2n) is 11.5. The minimum Gasteiger partial charge on any atom is -0.507 e. The number of hydrogen-bond acceptors (Lipinski definition) is 6. The monoisotopic (exact) mass is 661 g/mol. The van der Waals surface area contributed by atoms with Crippen LogP contribution in [0.1, 0.15) is 34.0 Å². The van der Waals surface area contributed by atoms with Gasteiger partial charge in [0.25, 0.3) is 0 Å². The number of amides is 1. The zero-order valence-electron chi connectivity index (χ0n) is 26.7. The molecule has 10 heteroatoms. The fourth-order valence-corrected chi connectivity index (χ4v) is 6.32. The molecule has 5 aromatic carbocycles. The van der Waals surface area contributed by atoms with Crippen molar-refractivity contribution in [1.29, 1.82) is 5.41 Å². The molecule has 0 bridgehead atoms. The summed E-state index contributed by atoms with van der Waals surface area (Å²) in [5.41, 5.74) is 6.95. The summed E-state index contributed by atoms with van der Waals surface area (Å²) in [5.74, 6) is -2.41. The summed E-state index contributed by atoms with van der Waals surface area (Å²) in [5, 5.41) is 27.6. The van der Waals surface area contributed by atoms with Crippen LogP contribution >= 0.6 is 0 Å². The average molecular weight is 662 g/mol. The number of carbonyl (C=O) groups is 2. The lowest BCUT2D eigenvalue weighted by atomic mass is 9.98. The molecule has 0 saturated carbocycles. The van der Waals surface area contributed by atoms with E-state index in [2.05, 4.69) is 0 Å². The van der Waals surface area contributed by atoms with Gasteiger partial charge in [0, 0.05) is 24.5 Å². The van der Waals surface area contributed by atoms with Crippen LogP contribution in [0.15, 0.2) is 120 Å². The molecular weight excluding hydrogens is 627 g/mol. The van der Waals surface area contributed by atoms with Gasteiger partial charge in [-0.1, -0.05) is 90.5 Å². The van der Waals surface area contributed by atoms with Gasteiger partial charge >= 0.3 is 5.97 Å². The van der Waals surface area contributed by atoms with Gasteiger partial charge in [0.2, 0.25) is 15.9 Å². The van der Waals surface area contributed by atoms with Crippen molar-refractivity contribution in [2.24, 2.45) is 0 Å². The lowest BCUT2D eigenvalue weighted by Gasteiger charge is -2.26. The zero-order valence-corrected chi connectivity index (χ0v) is 27.5. The maximum atomic E-state index is 13.7. The van der Waals surface area contributed by atoms with Gasteiger partial charge in [0.15, 0.2) is 0 Å². The van der Waals surface area contributed by atoms with E-state index in [1.54, 1.807) is 19.1 Å².